The van der Waals surface area contributed by atoms with Gasteiger partial charge >= 0.3 is 0 Å². The third-order valence-corrected chi connectivity index (χ3v) is 12.5. The minimum atomic E-state index is -3.12. The normalized spacial score (nSPS) is 16.1. The highest BCUT2D eigenvalue weighted by atomic mass is 31.2. The number of nitrogens with zero attached hydrogens (tertiary/aromatic N) is 2. The van der Waals surface area contributed by atoms with Gasteiger partial charge in [-0.2, -0.15) is 0 Å². The van der Waals surface area contributed by atoms with E-state index in [4.69, 9.17) is 4.98 Å². The molecule has 0 saturated carbocycles. The summed E-state index contributed by atoms with van der Waals surface area (Å²) in [6.07, 6.45) is 0. The largest absolute Gasteiger partial charge is 0.308 e. The third kappa shape index (κ3) is 2.85. The smallest absolute Gasteiger partial charge is 0.175 e. The third-order valence-electron chi connectivity index (χ3n) is 9.34. The number of imidazole rings is 1. The van der Waals surface area contributed by atoms with Gasteiger partial charge in [0.1, 0.15) is 5.82 Å². The number of fused-ring (bicyclic) bond motifs is 4. The number of hydrogen-bond acceptors (Lipinski definition) is 2. The molecule has 200 valence electrons. The van der Waals surface area contributed by atoms with Gasteiger partial charge in [0.25, 0.3) is 0 Å². The first-order valence-electron chi connectivity index (χ1n) is 14.6. The molecule has 1 unspecified atom stereocenters. The lowest BCUT2D eigenvalue weighted by atomic mass is 9.88. The summed E-state index contributed by atoms with van der Waals surface area (Å²) < 4.78 is 17.6. The van der Waals surface area contributed by atoms with Crippen LogP contribution in [0.5, 0.6) is 0 Å². The van der Waals surface area contributed by atoms with Gasteiger partial charge in [-0.05, 0) is 73.4 Å². The summed E-state index contributed by atoms with van der Waals surface area (Å²) >= 11 is 0. The van der Waals surface area contributed by atoms with Crippen LogP contribution in [0.1, 0.15) is 0 Å². The van der Waals surface area contributed by atoms with Crippen molar-refractivity contribution in [1.29, 1.82) is 0 Å². The number of aromatic nitrogens is 2. The van der Waals surface area contributed by atoms with Crippen molar-refractivity contribution in [3.05, 3.63) is 140 Å². The van der Waals surface area contributed by atoms with Crippen LogP contribution < -0.4 is 15.9 Å². The van der Waals surface area contributed by atoms with Gasteiger partial charge in [-0.25, -0.2) is 4.98 Å². The first kappa shape index (κ1) is 23.3. The molecule has 10 rings (SSSR count). The van der Waals surface area contributed by atoms with E-state index in [0.717, 1.165) is 44.0 Å². The molecular weight excluding hydrogens is 543 g/mol. The van der Waals surface area contributed by atoms with Crippen LogP contribution in [0.15, 0.2) is 140 Å². The fourth-order valence-electron chi connectivity index (χ4n) is 7.58. The van der Waals surface area contributed by atoms with Gasteiger partial charge in [0.2, 0.25) is 0 Å². The molecule has 0 radical (unpaired) electrons. The standard InChI is InChI=1S/C39H23N2OP/c42-43(25-12-2-1-3-13-25)34-20-5-4-19-33(34)41-38-32(18-9-21-35(38)43)40-39(41)31-23-22-30-27-15-7-11-24-10-6-14-26(36(24)27)28-16-8-17-29(31)37(28)30/h1-23H. The van der Waals surface area contributed by atoms with Crippen molar-refractivity contribution < 1.29 is 4.57 Å². The Morgan fingerprint density at radius 2 is 1.14 bits per heavy atom. The number of benzene rings is 8. The Morgan fingerprint density at radius 3 is 1.95 bits per heavy atom. The molecular formula is C39H23N2OP. The number of rotatable bonds is 2. The highest BCUT2D eigenvalue weighted by Gasteiger charge is 2.39. The average molecular weight is 567 g/mol. The van der Waals surface area contributed by atoms with Gasteiger partial charge in [0.05, 0.1) is 16.7 Å². The molecule has 3 nitrogen and oxygen atoms in total. The summed E-state index contributed by atoms with van der Waals surface area (Å²) in [4.78, 5) is 5.29. The molecule has 1 aliphatic heterocycles. The zero-order valence-corrected chi connectivity index (χ0v) is 23.9. The molecule has 0 spiro atoms. The summed E-state index contributed by atoms with van der Waals surface area (Å²) in [6, 6.07) is 48.5. The summed E-state index contributed by atoms with van der Waals surface area (Å²) in [5.41, 5.74) is 3.79. The number of hydrogen-bond donors (Lipinski definition) is 0. The lowest BCUT2D eigenvalue weighted by Crippen LogP contribution is -2.32. The van der Waals surface area contributed by atoms with E-state index in [1.807, 2.05) is 66.7 Å². The first-order chi connectivity index (χ1) is 21.2. The fraction of sp³-hybridized carbons (Fsp3) is 0. The predicted octanol–water partition coefficient (Wildman–Crippen LogP) is 8.70. The van der Waals surface area contributed by atoms with Crippen molar-refractivity contribution >= 4 is 77.2 Å². The Labute approximate surface area is 247 Å². The van der Waals surface area contributed by atoms with Crippen LogP contribution in [0, 0.1) is 0 Å². The Morgan fingerprint density at radius 1 is 0.512 bits per heavy atom. The molecule has 1 aromatic heterocycles. The minimum absolute atomic E-state index is 0.844. The Hall–Kier alpha value is -5.24. The van der Waals surface area contributed by atoms with Gasteiger partial charge in [-0.3, -0.25) is 4.57 Å². The molecule has 9 aromatic rings. The lowest BCUT2D eigenvalue weighted by molar-refractivity contribution is 0.592. The van der Waals surface area contributed by atoms with Crippen molar-refractivity contribution in [2.75, 3.05) is 0 Å². The van der Waals surface area contributed by atoms with E-state index in [1.54, 1.807) is 0 Å². The van der Waals surface area contributed by atoms with Gasteiger partial charge in [-0.15, -0.1) is 0 Å². The lowest BCUT2D eigenvalue weighted by Gasteiger charge is -2.29. The van der Waals surface area contributed by atoms with Crippen LogP contribution in [0.4, 0.5) is 0 Å². The summed E-state index contributed by atoms with van der Waals surface area (Å²) in [5, 5.41) is 12.6. The average Bonchev–Trinajstić information content (AvgIpc) is 3.46. The van der Waals surface area contributed by atoms with Gasteiger partial charge in [-0.1, -0.05) is 109 Å². The van der Waals surface area contributed by atoms with Crippen molar-refractivity contribution in [1.82, 2.24) is 9.55 Å². The summed E-state index contributed by atoms with van der Waals surface area (Å²) in [6.45, 7) is 0. The summed E-state index contributed by atoms with van der Waals surface area (Å²) in [7, 11) is -3.12. The van der Waals surface area contributed by atoms with E-state index in [-0.39, 0.29) is 0 Å². The minimum Gasteiger partial charge on any atom is -0.308 e. The zero-order chi connectivity index (χ0) is 28.3. The molecule has 0 aliphatic carbocycles. The van der Waals surface area contributed by atoms with Crippen LogP contribution in [-0.2, 0) is 4.57 Å². The second-order valence-corrected chi connectivity index (χ2v) is 14.1. The molecule has 2 heterocycles. The fourth-order valence-corrected chi connectivity index (χ4v) is 10.6. The molecule has 0 saturated heterocycles. The van der Waals surface area contributed by atoms with E-state index in [1.165, 1.54) is 43.1 Å². The zero-order valence-electron chi connectivity index (χ0n) is 23.0. The van der Waals surface area contributed by atoms with Crippen LogP contribution in [0.3, 0.4) is 0 Å². The second kappa shape index (κ2) is 8.19. The van der Waals surface area contributed by atoms with Crippen LogP contribution in [0.2, 0.25) is 0 Å². The van der Waals surface area contributed by atoms with Crippen molar-refractivity contribution in [3.63, 3.8) is 0 Å². The Bertz CT molecular complexity index is 2600. The van der Waals surface area contributed by atoms with E-state index in [2.05, 4.69) is 77.4 Å². The van der Waals surface area contributed by atoms with E-state index >= 15 is 4.57 Å². The van der Waals surface area contributed by atoms with E-state index in [9.17, 15) is 0 Å². The van der Waals surface area contributed by atoms with Crippen molar-refractivity contribution in [3.8, 4) is 17.1 Å². The molecule has 43 heavy (non-hydrogen) atoms. The monoisotopic (exact) mass is 566 g/mol. The van der Waals surface area contributed by atoms with Gasteiger partial charge in [0.15, 0.2) is 7.14 Å². The molecule has 1 atom stereocenters. The maximum Gasteiger partial charge on any atom is 0.175 e. The molecule has 0 bridgehead atoms. The maximum absolute atomic E-state index is 15.3. The van der Waals surface area contributed by atoms with Gasteiger partial charge in [0, 0.05) is 21.5 Å². The van der Waals surface area contributed by atoms with Crippen molar-refractivity contribution in [2.45, 2.75) is 0 Å². The predicted molar refractivity (Wildman–Crippen MR) is 181 cm³/mol. The topological polar surface area (TPSA) is 34.9 Å². The first-order valence-corrected chi connectivity index (χ1v) is 16.3. The highest BCUT2D eigenvalue weighted by Crippen LogP contribution is 2.51. The molecule has 0 N–H and O–H groups in total. The SMILES string of the molecule is O=P1(c2ccccc2)c2ccccc2-n2c(-c3ccc4c5cccc6cccc(c7cccc3c74)c65)nc3cccc1c32. The van der Waals surface area contributed by atoms with Crippen LogP contribution in [-0.4, -0.2) is 9.55 Å². The van der Waals surface area contributed by atoms with Crippen LogP contribution >= 0.6 is 7.14 Å². The molecule has 8 aromatic carbocycles. The van der Waals surface area contributed by atoms with Crippen LogP contribution in [0.25, 0.3) is 71.2 Å². The molecule has 4 heteroatoms. The Balaban J connectivity index is 1.36. The summed E-state index contributed by atoms with van der Waals surface area (Å²) in [5.74, 6) is 0.870. The van der Waals surface area contributed by atoms with E-state index < -0.39 is 7.14 Å². The molecule has 0 amide bonds. The Kier molecular flexibility index (Phi) is 4.44. The van der Waals surface area contributed by atoms with Crippen molar-refractivity contribution in [2.24, 2.45) is 0 Å². The molecule has 0 fully saturated rings. The quantitative estimate of drug-likeness (QED) is 0.119. The van der Waals surface area contributed by atoms with Gasteiger partial charge < -0.3 is 4.57 Å². The second-order valence-electron chi connectivity index (χ2n) is 11.4. The molecule has 1 aliphatic rings. The highest BCUT2D eigenvalue weighted by molar-refractivity contribution is 7.86. The van der Waals surface area contributed by atoms with E-state index in [0.29, 0.717) is 0 Å². The maximum atomic E-state index is 15.3. The number of para-hydroxylation sites is 2.